The number of hydrogen-bond acceptors (Lipinski definition) is 6. The second kappa shape index (κ2) is 7.17. The Balaban J connectivity index is 1.97. The van der Waals surface area contributed by atoms with Crippen molar-refractivity contribution in [2.45, 2.75) is 36.3 Å². The van der Waals surface area contributed by atoms with E-state index in [-0.39, 0.29) is 16.9 Å². The number of rotatable bonds is 7. The summed E-state index contributed by atoms with van der Waals surface area (Å²) in [6.45, 7) is 6.62. The maximum atomic E-state index is 12.2. The largest absolute Gasteiger partial charge is 0.389 e. The van der Waals surface area contributed by atoms with E-state index in [1.54, 1.807) is 17.5 Å². The van der Waals surface area contributed by atoms with Crippen LogP contribution in [0.15, 0.2) is 21.7 Å². The molecule has 1 aromatic heterocycles. The van der Waals surface area contributed by atoms with Crippen molar-refractivity contribution < 1.29 is 18.3 Å². The molecule has 1 aliphatic rings. The fourth-order valence-electron chi connectivity index (χ4n) is 2.36. The Labute approximate surface area is 129 Å². The lowest BCUT2D eigenvalue weighted by Gasteiger charge is -2.24. The molecule has 2 rings (SSSR count). The molecule has 0 aromatic carbocycles. The summed E-state index contributed by atoms with van der Waals surface area (Å²) in [6.07, 6.45) is -1.19. The predicted octanol–water partition coefficient (Wildman–Crippen LogP) is 0.496. The van der Waals surface area contributed by atoms with Gasteiger partial charge in [0, 0.05) is 6.54 Å². The topological polar surface area (TPSA) is 78.9 Å². The summed E-state index contributed by atoms with van der Waals surface area (Å²) in [5, 5.41) is 12.0. The molecular weight excluding hydrogens is 312 g/mol. The van der Waals surface area contributed by atoms with Gasteiger partial charge >= 0.3 is 0 Å². The van der Waals surface area contributed by atoms with Gasteiger partial charge in [0.25, 0.3) is 0 Å². The second-order valence-electron chi connectivity index (χ2n) is 5.01. The maximum Gasteiger partial charge on any atom is 0.250 e. The molecule has 1 aliphatic heterocycles. The molecule has 0 unspecified atom stereocenters. The summed E-state index contributed by atoms with van der Waals surface area (Å²) >= 11 is 1.15. The SMILES string of the molecule is CCN(CC)C[C@@H]1OC[C@H](NS(=O)(=O)c2cccs2)[C@H]1O. The number of nitrogens with one attached hydrogen (secondary N) is 1. The van der Waals surface area contributed by atoms with Crippen molar-refractivity contribution in [1.29, 1.82) is 0 Å². The molecule has 21 heavy (non-hydrogen) atoms. The van der Waals surface area contributed by atoms with E-state index in [1.165, 1.54) is 0 Å². The van der Waals surface area contributed by atoms with Crippen molar-refractivity contribution in [2.75, 3.05) is 26.2 Å². The van der Waals surface area contributed by atoms with E-state index in [4.69, 9.17) is 4.74 Å². The molecule has 2 N–H and O–H groups in total. The fraction of sp³-hybridized carbons (Fsp3) is 0.692. The van der Waals surface area contributed by atoms with Gasteiger partial charge in [-0.15, -0.1) is 11.3 Å². The Hall–Kier alpha value is -0.510. The van der Waals surface area contributed by atoms with Crippen LogP contribution in [0.4, 0.5) is 0 Å². The third-order valence-corrected chi connectivity index (χ3v) is 6.57. The first-order chi connectivity index (χ1) is 9.97. The molecule has 0 amide bonds. The summed E-state index contributed by atoms with van der Waals surface area (Å²) in [4.78, 5) is 2.14. The predicted molar refractivity (Wildman–Crippen MR) is 82.0 cm³/mol. The quantitative estimate of drug-likeness (QED) is 0.759. The highest BCUT2D eigenvalue weighted by Gasteiger charge is 2.39. The van der Waals surface area contributed by atoms with Crippen molar-refractivity contribution >= 4 is 21.4 Å². The number of likely N-dealkylation sites (N-methyl/N-ethyl adjacent to an activating group) is 1. The number of thiophene rings is 1. The standard InChI is InChI=1S/C13H22N2O4S2/c1-3-15(4-2)8-11-13(16)10(9-19-11)14-21(17,18)12-6-5-7-20-12/h5-7,10-11,13-14,16H,3-4,8-9H2,1-2H3/t10-,11-,13+/m0/s1. The zero-order valence-electron chi connectivity index (χ0n) is 12.2. The normalized spacial score (nSPS) is 26.6. The van der Waals surface area contributed by atoms with Gasteiger partial charge in [-0.25, -0.2) is 13.1 Å². The van der Waals surface area contributed by atoms with Crippen LogP contribution in [0.25, 0.3) is 0 Å². The number of nitrogens with zero attached hydrogens (tertiary/aromatic N) is 1. The summed E-state index contributed by atoms with van der Waals surface area (Å²) in [6, 6.07) is 2.63. The number of aliphatic hydroxyl groups excluding tert-OH is 1. The average Bonchev–Trinajstić information content (AvgIpc) is 3.09. The third kappa shape index (κ3) is 4.02. The van der Waals surface area contributed by atoms with Gasteiger partial charge in [-0.2, -0.15) is 0 Å². The molecule has 0 aliphatic carbocycles. The van der Waals surface area contributed by atoms with Crippen LogP contribution in [0.1, 0.15) is 13.8 Å². The van der Waals surface area contributed by atoms with Gasteiger partial charge in [0.15, 0.2) is 0 Å². The Morgan fingerprint density at radius 3 is 2.76 bits per heavy atom. The second-order valence-corrected chi connectivity index (χ2v) is 7.90. The zero-order valence-corrected chi connectivity index (χ0v) is 13.9. The molecule has 0 bridgehead atoms. The Kier molecular flexibility index (Phi) is 5.75. The number of ether oxygens (including phenoxy) is 1. The van der Waals surface area contributed by atoms with Crippen molar-refractivity contribution in [3.05, 3.63) is 17.5 Å². The first-order valence-corrected chi connectivity index (χ1v) is 9.42. The van der Waals surface area contributed by atoms with Crippen LogP contribution < -0.4 is 4.72 Å². The van der Waals surface area contributed by atoms with Gasteiger partial charge in [0.1, 0.15) is 4.21 Å². The van der Waals surface area contributed by atoms with Crippen molar-refractivity contribution in [2.24, 2.45) is 0 Å². The Morgan fingerprint density at radius 2 is 2.19 bits per heavy atom. The summed E-state index contributed by atoms with van der Waals surface area (Å²) < 4.78 is 32.7. The first kappa shape index (κ1) is 16.9. The van der Waals surface area contributed by atoms with Gasteiger partial charge in [0.2, 0.25) is 10.0 Å². The molecule has 6 nitrogen and oxygen atoms in total. The molecule has 120 valence electrons. The molecule has 0 spiro atoms. The Morgan fingerprint density at radius 1 is 1.48 bits per heavy atom. The van der Waals surface area contributed by atoms with Crippen LogP contribution >= 0.6 is 11.3 Å². The molecule has 1 fully saturated rings. The first-order valence-electron chi connectivity index (χ1n) is 7.05. The average molecular weight is 334 g/mol. The van der Waals surface area contributed by atoms with Crippen LogP contribution in [0.5, 0.6) is 0 Å². The third-order valence-electron chi connectivity index (χ3n) is 3.68. The smallest absolute Gasteiger partial charge is 0.250 e. The highest BCUT2D eigenvalue weighted by molar-refractivity contribution is 7.91. The minimum Gasteiger partial charge on any atom is -0.389 e. The van der Waals surface area contributed by atoms with Crippen LogP contribution in [-0.4, -0.2) is 62.9 Å². The van der Waals surface area contributed by atoms with Gasteiger partial charge < -0.3 is 14.7 Å². The van der Waals surface area contributed by atoms with Gasteiger partial charge in [-0.3, -0.25) is 0 Å². The lowest BCUT2D eigenvalue weighted by atomic mass is 10.1. The lowest BCUT2D eigenvalue weighted by Crippen LogP contribution is -2.46. The van der Waals surface area contributed by atoms with Crippen molar-refractivity contribution in [3.8, 4) is 0 Å². The monoisotopic (exact) mass is 334 g/mol. The van der Waals surface area contributed by atoms with E-state index in [1.807, 2.05) is 13.8 Å². The lowest BCUT2D eigenvalue weighted by molar-refractivity contribution is 0.0175. The van der Waals surface area contributed by atoms with E-state index in [2.05, 4.69) is 9.62 Å². The fourth-order valence-corrected chi connectivity index (χ4v) is 4.60. The van der Waals surface area contributed by atoms with Crippen LogP contribution in [0.2, 0.25) is 0 Å². The number of hydrogen-bond donors (Lipinski definition) is 2. The molecule has 2 heterocycles. The molecule has 3 atom stereocenters. The summed E-state index contributed by atoms with van der Waals surface area (Å²) in [5.41, 5.74) is 0. The van der Waals surface area contributed by atoms with E-state index in [0.717, 1.165) is 24.4 Å². The van der Waals surface area contributed by atoms with Gasteiger partial charge in [0.05, 0.1) is 24.9 Å². The van der Waals surface area contributed by atoms with Crippen LogP contribution in [0.3, 0.4) is 0 Å². The number of sulfonamides is 1. The highest BCUT2D eigenvalue weighted by Crippen LogP contribution is 2.20. The minimum absolute atomic E-state index is 0.192. The molecule has 8 heteroatoms. The van der Waals surface area contributed by atoms with Crippen molar-refractivity contribution in [3.63, 3.8) is 0 Å². The van der Waals surface area contributed by atoms with E-state index >= 15 is 0 Å². The molecule has 0 radical (unpaired) electrons. The highest BCUT2D eigenvalue weighted by atomic mass is 32.2. The summed E-state index contributed by atoms with van der Waals surface area (Å²) in [7, 11) is -3.58. The van der Waals surface area contributed by atoms with Crippen molar-refractivity contribution in [1.82, 2.24) is 9.62 Å². The number of aliphatic hydroxyl groups is 1. The Bertz CT molecular complexity index is 528. The molecule has 1 aromatic rings. The van der Waals surface area contributed by atoms with Gasteiger partial charge in [-0.05, 0) is 24.5 Å². The molecule has 1 saturated heterocycles. The van der Waals surface area contributed by atoms with Gasteiger partial charge in [-0.1, -0.05) is 19.9 Å². The van der Waals surface area contributed by atoms with E-state index in [9.17, 15) is 13.5 Å². The zero-order chi connectivity index (χ0) is 15.5. The minimum atomic E-state index is -3.58. The van der Waals surface area contributed by atoms with Crippen LogP contribution in [-0.2, 0) is 14.8 Å². The van der Waals surface area contributed by atoms with Crippen LogP contribution in [0, 0.1) is 0 Å². The molecule has 0 saturated carbocycles. The summed E-state index contributed by atoms with van der Waals surface area (Å²) in [5.74, 6) is 0. The van der Waals surface area contributed by atoms with E-state index in [0.29, 0.717) is 6.54 Å². The van der Waals surface area contributed by atoms with E-state index < -0.39 is 22.2 Å². The molecular formula is C13H22N2O4S2. The maximum absolute atomic E-state index is 12.2.